The van der Waals surface area contributed by atoms with Crippen molar-refractivity contribution in [2.75, 3.05) is 4.90 Å². The molecule has 1 aromatic carbocycles. The monoisotopic (exact) mass is 288 g/mol. The Morgan fingerprint density at radius 3 is 2.76 bits per heavy atom. The summed E-state index contributed by atoms with van der Waals surface area (Å²) in [5.74, 6) is 0.729. The molecule has 0 bridgehead atoms. The summed E-state index contributed by atoms with van der Waals surface area (Å²) in [6.45, 7) is 2.58. The fourth-order valence-corrected chi connectivity index (χ4v) is 2.71. The van der Waals surface area contributed by atoms with E-state index in [0.29, 0.717) is 24.6 Å². The summed E-state index contributed by atoms with van der Waals surface area (Å²) in [5.41, 5.74) is 7.55. The molecule has 0 radical (unpaired) electrons. The first-order chi connectivity index (χ1) is 10.1. The van der Waals surface area contributed by atoms with Gasteiger partial charge in [-0.05, 0) is 50.5 Å². The summed E-state index contributed by atoms with van der Waals surface area (Å²) in [6.07, 6.45) is 4.52. The van der Waals surface area contributed by atoms with Crippen LogP contribution in [0.15, 0.2) is 41.0 Å². The minimum absolute atomic E-state index is 0.0645. The van der Waals surface area contributed by atoms with Crippen molar-refractivity contribution >= 4 is 5.69 Å². The zero-order valence-corrected chi connectivity index (χ0v) is 12.3. The van der Waals surface area contributed by atoms with Gasteiger partial charge in [-0.25, -0.2) is 4.39 Å². The molecule has 2 N–H and O–H groups in total. The van der Waals surface area contributed by atoms with Gasteiger partial charge in [-0.1, -0.05) is 6.07 Å². The van der Waals surface area contributed by atoms with Crippen LogP contribution in [0.1, 0.15) is 31.1 Å². The molecule has 1 aliphatic rings. The van der Waals surface area contributed by atoms with Crippen LogP contribution in [0.3, 0.4) is 0 Å². The third-order valence-corrected chi connectivity index (χ3v) is 3.82. The van der Waals surface area contributed by atoms with Gasteiger partial charge in [0, 0.05) is 23.3 Å². The summed E-state index contributed by atoms with van der Waals surface area (Å²) < 4.78 is 19.7. The second-order valence-corrected chi connectivity index (χ2v) is 5.86. The van der Waals surface area contributed by atoms with Crippen LogP contribution >= 0.6 is 0 Å². The van der Waals surface area contributed by atoms with Crippen LogP contribution in [0.2, 0.25) is 0 Å². The highest BCUT2D eigenvalue weighted by atomic mass is 19.1. The van der Waals surface area contributed by atoms with Crippen molar-refractivity contribution in [3.8, 4) is 0 Å². The minimum atomic E-state index is -0.171. The van der Waals surface area contributed by atoms with E-state index in [2.05, 4.69) is 4.90 Å². The maximum atomic E-state index is 14.2. The maximum absolute atomic E-state index is 14.2. The third kappa shape index (κ3) is 3.27. The lowest BCUT2D eigenvalue weighted by molar-refractivity contribution is 0.500. The lowest BCUT2D eigenvalue weighted by atomic mass is 10.0. The number of hydrogen-bond donors (Lipinski definition) is 1. The molecule has 1 unspecified atom stereocenters. The molecule has 4 heteroatoms. The Balaban J connectivity index is 1.93. The molecule has 1 atom stereocenters. The number of rotatable bonds is 6. The Kier molecular flexibility index (Phi) is 3.97. The first kappa shape index (κ1) is 14.1. The second-order valence-electron chi connectivity index (χ2n) is 5.86. The number of benzene rings is 1. The average Bonchev–Trinajstić information content (AvgIpc) is 3.15. The highest BCUT2D eigenvalue weighted by Gasteiger charge is 2.31. The zero-order valence-electron chi connectivity index (χ0n) is 12.3. The highest BCUT2D eigenvalue weighted by molar-refractivity contribution is 5.56. The van der Waals surface area contributed by atoms with Gasteiger partial charge in [-0.15, -0.1) is 0 Å². The summed E-state index contributed by atoms with van der Waals surface area (Å²) in [5, 5.41) is 0. The number of nitrogens with zero attached hydrogens (tertiary/aromatic N) is 1. The number of furan rings is 1. The van der Waals surface area contributed by atoms with Gasteiger partial charge in [0.2, 0.25) is 0 Å². The second kappa shape index (κ2) is 5.90. The lowest BCUT2D eigenvalue weighted by Crippen LogP contribution is -2.28. The third-order valence-electron chi connectivity index (χ3n) is 3.82. The van der Waals surface area contributed by atoms with Gasteiger partial charge in [0.15, 0.2) is 0 Å². The molecule has 0 saturated heterocycles. The quantitative estimate of drug-likeness (QED) is 0.885. The van der Waals surface area contributed by atoms with E-state index in [1.54, 1.807) is 12.3 Å². The zero-order chi connectivity index (χ0) is 14.8. The van der Waals surface area contributed by atoms with Gasteiger partial charge in [0.25, 0.3) is 0 Å². The molecule has 1 aliphatic carbocycles. The van der Waals surface area contributed by atoms with Crippen molar-refractivity contribution in [3.63, 3.8) is 0 Å². The Bertz CT molecular complexity index is 591. The standard InChI is InChI=1S/C17H21FN2O/c1-12(19)10-15-16(18)5-2-6-17(15)20(13-7-8-13)11-14-4-3-9-21-14/h2-6,9,12-13H,7-8,10-11,19H2,1H3. The Hall–Kier alpha value is -1.81. The van der Waals surface area contributed by atoms with Crippen molar-refractivity contribution in [2.24, 2.45) is 5.73 Å². The molecule has 3 nitrogen and oxygen atoms in total. The minimum Gasteiger partial charge on any atom is -0.467 e. The predicted molar refractivity (Wildman–Crippen MR) is 81.7 cm³/mol. The molecule has 2 aromatic rings. The van der Waals surface area contributed by atoms with Crippen molar-refractivity contribution in [1.82, 2.24) is 0 Å². The van der Waals surface area contributed by atoms with Crippen molar-refractivity contribution in [1.29, 1.82) is 0 Å². The van der Waals surface area contributed by atoms with E-state index in [9.17, 15) is 4.39 Å². The van der Waals surface area contributed by atoms with Crippen LogP contribution in [0.5, 0.6) is 0 Å². The molecule has 112 valence electrons. The number of nitrogens with two attached hydrogens (primary N) is 1. The van der Waals surface area contributed by atoms with Crippen LogP contribution in [-0.4, -0.2) is 12.1 Å². The molecular weight excluding hydrogens is 267 g/mol. The molecule has 0 aliphatic heterocycles. The summed E-state index contributed by atoms with van der Waals surface area (Å²) in [6, 6.07) is 9.53. The van der Waals surface area contributed by atoms with E-state index < -0.39 is 0 Å². The number of anilines is 1. The number of halogens is 1. The van der Waals surface area contributed by atoms with Gasteiger partial charge in [-0.3, -0.25) is 0 Å². The van der Waals surface area contributed by atoms with E-state index in [0.717, 1.165) is 24.3 Å². The van der Waals surface area contributed by atoms with Crippen LogP contribution in [0.25, 0.3) is 0 Å². The SMILES string of the molecule is CC(N)Cc1c(F)cccc1N(Cc1ccco1)C1CC1. The molecular formula is C17H21FN2O. The molecule has 21 heavy (non-hydrogen) atoms. The van der Waals surface area contributed by atoms with Crippen LogP contribution in [0.4, 0.5) is 10.1 Å². The summed E-state index contributed by atoms with van der Waals surface area (Å²) >= 11 is 0. The van der Waals surface area contributed by atoms with Crippen molar-refractivity contribution in [2.45, 2.75) is 44.8 Å². The van der Waals surface area contributed by atoms with E-state index in [1.807, 2.05) is 25.1 Å². The Morgan fingerprint density at radius 2 is 2.14 bits per heavy atom. The number of hydrogen-bond acceptors (Lipinski definition) is 3. The van der Waals surface area contributed by atoms with Gasteiger partial charge in [0.05, 0.1) is 12.8 Å². The summed E-state index contributed by atoms with van der Waals surface area (Å²) in [4.78, 5) is 2.25. The van der Waals surface area contributed by atoms with Crippen LogP contribution < -0.4 is 10.6 Å². The van der Waals surface area contributed by atoms with Gasteiger partial charge in [-0.2, -0.15) is 0 Å². The molecule has 0 amide bonds. The topological polar surface area (TPSA) is 42.4 Å². The normalized spacial score (nSPS) is 16.0. The molecule has 1 heterocycles. The van der Waals surface area contributed by atoms with Gasteiger partial charge >= 0.3 is 0 Å². The van der Waals surface area contributed by atoms with E-state index in [4.69, 9.17) is 10.2 Å². The molecule has 1 saturated carbocycles. The van der Waals surface area contributed by atoms with Gasteiger partial charge in [0.1, 0.15) is 11.6 Å². The average molecular weight is 288 g/mol. The highest BCUT2D eigenvalue weighted by Crippen LogP contribution is 2.36. The van der Waals surface area contributed by atoms with E-state index in [-0.39, 0.29) is 11.9 Å². The first-order valence-corrected chi connectivity index (χ1v) is 7.47. The molecule has 1 fully saturated rings. The largest absolute Gasteiger partial charge is 0.467 e. The van der Waals surface area contributed by atoms with Crippen molar-refractivity contribution in [3.05, 3.63) is 53.7 Å². The fraction of sp³-hybridized carbons (Fsp3) is 0.412. The fourth-order valence-electron chi connectivity index (χ4n) is 2.71. The van der Waals surface area contributed by atoms with Crippen LogP contribution in [0, 0.1) is 5.82 Å². The molecule has 1 aromatic heterocycles. The van der Waals surface area contributed by atoms with E-state index >= 15 is 0 Å². The van der Waals surface area contributed by atoms with E-state index in [1.165, 1.54) is 6.07 Å². The molecule has 0 spiro atoms. The maximum Gasteiger partial charge on any atom is 0.128 e. The lowest BCUT2D eigenvalue weighted by Gasteiger charge is -2.27. The molecule has 3 rings (SSSR count). The van der Waals surface area contributed by atoms with Crippen molar-refractivity contribution < 1.29 is 8.81 Å². The predicted octanol–water partition coefficient (Wildman–Crippen LogP) is 3.48. The van der Waals surface area contributed by atoms with Crippen LogP contribution in [-0.2, 0) is 13.0 Å². The smallest absolute Gasteiger partial charge is 0.128 e. The Morgan fingerprint density at radius 1 is 1.33 bits per heavy atom. The Labute approximate surface area is 124 Å². The van der Waals surface area contributed by atoms with Gasteiger partial charge < -0.3 is 15.1 Å². The summed E-state index contributed by atoms with van der Waals surface area (Å²) in [7, 11) is 0. The first-order valence-electron chi connectivity index (χ1n) is 7.47.